The summed E-state index contributed by atoms with van der Waals surface area (Å²) in [7, 11) is 1.85. The van der Waals surface area contributed by atoms with E-state index in [1.807, 2.05) is 27.1 Å². The molecule has 4 heteroatoms. The van der Waals surface area contributed by atoms with Crippen molar-refractivity contribution in [2.75, 3.05) is 0 Å². The van der Waals surface area contributed by atoms with E-state index in [4.69, 9.17) is 0 Å². The molecule has 0 bridgehead atoms. The quantitative estimate of drug-likeness (QED) is 0.787. The highest BCUT2D eigenvalue weighted by atomic mass is 16.3. The molecule has 1 N–H and O–H groups in total. The molecule has 0 aliphatic heterocycles. The number of nitrogens with zero attached hydrogens (tertiary/aromatic N) is 2. The second kappa shape index (κ2) is 6.55. The van der Waals surface area contributed by atoms with Crippen molar-refractivity contribution in [1.82, 2.24) is 9.78 Å². The topological polar surface area (TPSA) is 55.1 Å². The average molecular weight is 238 g/mol. The summed E-state index contributed by atoms with van der Waals surface area (Å²) in [4.78, 5) is 11.8. The Morgan fingerprint density at radius 2 is 2.12 bits per heavy atom. The van der Waals surface area contributed by atoms with E-state index in [-0.39, 0.29) is 11.7 Å². The van der Waals surface area contributed by atoms with E-state index < -0.39 is 6.10 Å². The third kappa shape index (κ3) is 3.97. The number of carbonyl (C=O) groups excluding carboxylic acids is 1. The maximum absolute atomic E-state index is 11.8. The smallest absolute Gasteiger partial charge is 0.161 e. The van der Waals surface area contributed by atoms with Gasteiger partial charge in [-0.25, -0.2) is 0 Å². The Balaban J connectivity index is 2.43. The van der Waals surface area contributed by atoms with E-state index in [0.29, 0.717) is 12.8 Å². The number of hydrogen-bond donors (Lipinski definition) is 1. The van der Waals surface area contributed by atoms with Crippen LogP contribution in [0.25, 0.3) is 0 Å². The fraction of sp³-hybridized carbons (Fsp3) is 0.692. The number of Topliss-reactive ketones (excluding diaryl/α,β-unsaturated/α-hetero) is 1. The minimum atomic E-state index is -0.804. The number of rotatable bonds is 7. The van der Waals surface area contributed by atoms with E-state index in [1.54, 1.807) is 10.9 Å². The van der Waals surface area contributed by atoms with Gasteiger partial charge in [-0.05, 0) is 17.9 Å². The lowest BCUT2D eigenvalue weighted by molar-refractivity contribution is -0.129. The van der Waals surface area contributed by atoms with Gasteiger partial charge in [-0.2, -0.15) is 5.10 Å². The molecule has 1 heterocycles. The zero-order chi connectivity index (χ0) is 12.8. The summed E-state index contributed by atoms with van der Waals surface area (Å²) >= 11 is 0. The number of aliphatic hydroxyl groups is 1. The van der Waals surface area contributed by atoms with Gasteiger partial charge < -0.3 is 5.11 Å². The van der Waals surface area contributed by atoms with Gasteiger partial charge in [-0.1, -0.05) is 26.7 Å². The second-order valence-corrected chi connectivity index (χ2v) is 4.51. The van der Waals surface area contributed by atoms with Crippen LogP contribution in [0.4, 0.5) is 0 Å². The van der Waals surface area contributed by atoms with Gasteiger partial charge in [-0.15, -0.1) is 0 Å². The summed E-state index contributed by atoms with van der Waals surface area (Å²) < 4.78 is 1.72. The molecule has 0 aliphatic carbocycles. The molecule has 0 saturated carbocycles. The molecule has 0 spiro atoms. The second-order valence-electron chi connectivity index (χ2n) is 4.51. The van der Waals surface area contributed by atoms with Crippen LogP contribution in [0, 0.1) is 5.92 Å². The predicted molar refractivity (Wildman–Crippen MR) is 66.6 cm³/mol. The van der Waals surface area contributed by atoms with Crippen LogP contribution in [0.1, 0.15) is 38.7 Å². The van der Waals surface area contributed by atoms with Crippen LogP contribution >= 0.6 is 0 Å². The van der Waals surface area contributed by atoms with Gasteiger partial charge >= 0.3 is 0 Å². The number of carbonyl (C=O) groups is 1. The van der Waals surface area contributed by atoms with Gasteiger partial charge in [0.1, 0.15) is 6.10 Å². The molecule has 1 unspecified atom stereocenters. The van der Waals surface area contributed by atoms with Crippen LogP contribution in [0.3, 0.4) is 0 Å². The predicted octanol–water partition coefficient (Wildman–Crippen LogP) is 1.72. The Kier molecular flexibility index (Phi) is 5.35. The number of ketones is 1. The molecule has 1 aromatic heterocycles. The molecule has 0 fully saturated rings. The van der Waals surface area contributed by atoms with Crippen LogP contribution in [0.5, 0.6) is 0 Å². The van der Waals surface area contributed by atoms with E-state index >= 15 is 0 Å². The minimum Gasteiger partial charge on any atom is -0.385 e. The maximum atomic E-state index is 11.8. The summed E-state index contributed by atoms with van der Waals surface area (Å²) in [5, 5.41) is 13.9. The molecule has 1 atom stereocenters. The van der Waals surface area contributed by atoms with Crippen LogP contribution in [-0.2, 0) is 18.3 Å². The molecule has 0 saturated heterocycles. The molecule has 0 amide bonds. The molecular formula is C13H22N2O2. The highest BCUT2D eigenvalue weighted by molar-refractivity contribution is 5.83. The first-order chi connectivity index (χ1) is 8.08. The van der Waals surface area contributed by atoms with E-state index in [1.165, 1.54) is 0 Å². The highest BCUT2D eigenvalue weighted by Gasteiger charge is 2.22. The molecule has 1 rings (SSSR count). The van der Waals surface area contributed by atoms with Crippen molar-refractivity contribution in [2.45, 2.75) is 45.6 Å². The Morgan fingerprint density at radius 1 is 1.47 bits per heavy atom. The monoisotopic (exact) mass is 238 g/mol. The van der Waals surface area contributed by atoms with Crippen molar-refractivity contribution in [3.05, 3.63) is 18.0 Å². The number of hydrogen-bond acceptors (Lipinski definition) is 3. The SMILES string of the molecule is CCC(CC)C(O)C(=O)CCc1cnn(C)c1. The zero-order valence-electron chi connectivity index (χ0n) is 10.9. The Hall–Kier alpha value is -1.16. The molecule has 17 heavy (non-hydrogen) atoms. The number of aryl methyl sites for hydroxylation is 2. The van der Waals surface area contributed by atoms with Crippen molar-refractivity contribution >= 4 is 5.78 Å². The first kappa shape index (κ1) is 13.9. The normalized spacial score (nSPS) is 13.0. The molecule has 0 aromatic carbocycles. The van der Waals surface area contributed by atoms with Gasteiger partial charge in [0.2, 0.25) is 0 Å². The van der Waals surface area contributed by atoms with Crippen molar-refractivity contribution in [3.8, 4) is 0 Å². The summed E-state index contributed by atoms with van der Waals surface area (Å²) in [5.41, 5.74) is 1.04. The number of aliphatic hydroxyl groups excluding tert-OH is 1. The Morgan fingerprint density at radius 3 is 2.59 bits per heavy atom. The van der Waals surface area contributed by atoms with Crippen molar-refractivity contribution in [1.29, 1.82) is 0 Å². The van der Waals surface area contributed by atoms with Gasteiger partial charge in [0, 0.05) is 19.7 Å². The third-order valence-corrected chi connectivity index (χ3v) is 3.24. The third-order valence-electron chi connectivity index (χ3n) is 3.24. The van der Waals surface area contributed by atoms with Crippen LogP contribution < -0.4 is 0 Å². The fourth-order valence-corrected chi connectivity index (χ4v) is 2.01. The largest absolute Gasteiger partial charge is 0.385 e. The lowest BCUT2D eigenvalue weighted by Crippen LogP contribution is -2.29. The standard InChI is InChI=1S/C13H22N2O2/c1-4-11(5-2)13(17)12(16)7-6-10-8-14-15(3)9-10/h8-9,11,13,17H,4-7H2,1-3H3. The molecular weight excluding hydrogens is 216 g/mol. The van der Waals surface area contributed by atoms with Gasteiger partial charge in [-0.3, -0.25) is 9.48 Å². The fourth-order valence-electron chi connectivity index (χ4n) is 2.01. The van der Waals surface area contributed by atoms with Crippen molar-refractivity contribution in [3.63, 3.8) is 0 Å². The van der Waals surface area contributed by atoms with Crippen molar-refractivity contribution in [2.24, 2.45) is 13.0 Å². The molecule has 0 aliphatic rings. The lowest BCUT2D eigenvalue weighted by atomic mass is 9.91. The summed E-state index contributed by atoms with van der Waals surface area (Å²) in [6.07, 6.45) is 5.59. The van der Waals surface area contributed by atoms with E-state index in [2.05, 4.69) is 5.10 Å². The molecule has 96 valence electrons. The molecule has 4 nitrogen and oxygen atoms in total. The van der Waals surface area contributed by atoms with Crippen LogP contribution in [-0.4, -0.2) is 26.8 Å². The maximum Gasteiger partial charge on any atom is 0.161 e. The minimum absolute atomic E-state index is 0.0532. The Labute approximate surface area is 103 Å². The van der Waals surface area contributed by atoms with Crippen molar-refractivity contribution < 1.29 is 9.90 Å². The number of aromatic nitrogens is 2. The highest BCUT2D eigenvalue weighted by Crippen LogP contribution is 2.15. The van der Waals surface area contributed by atoms with E-state index in [0.717, 1.165) is 18.4 Å². The average Bonchev–Trinajstić information content (AvgIpc) is 2.73. The summed E-state index contributed by atoms with van der Waals surface area (Å²) in [6, 6.07) is 0. The van der Waals surface area contributed by atoms with Crippen LogP contribution in [0.2, 0.25) is 0 Å². The Bertz CT molecular complexity index is 356. The molecule has 1 aromatic rings. The summed E-state index contributed by atoms with van der Waals surface area (Å²) in [6.45, 7) is 4.01. The van der Waals surface area contributed by atoms with Gasteiger partial charge in [0.25, 0.3) is 0 Å². The molecule has 0 radical (unpaired) electrons. The zero-order valence-corrected chi connectivity index (χ0v) is 10.9. The van der Waals surface area contributed by atoms with Gasteiger partial charge in [0.15, 0.2) is 5.78 Å². The first-order valence-electron chi connectivity index (χ1n) is 6.26. The van der Waals surface area contributed by atoms with E-state index in [9.17, 15) is 9.90 Å². The lowest BCUT2D eigenvalue weighted by Gasteiger charge is -2.18. The summed E-state index contributed by atoms with van der Waals surface area (Å²) in [5.74, 6) is 0.0407. The first-order valence-corrected chi connectivity index (χ1v) is 6.26. The van der Waals surface area contributed by atoms with Gasteiger partial charge in [0.05, 0.1) is 6.20 Å². The van der Waals surface area contributed by atoms with Crippen LogP contribution in [0.15, 0.2) is 12.4 Å².